The summed E-state index contributed by atoms with van der Waals surface area (Å²) in [6.45, 7) is 3.88. The second kappa shape index (κ2) is 7.51. The molecule has 0 saturated carbocycles. The molecule has 1 rings (SSSR count). The van der Waals surface area contributed by atoms with E-state index in [4.69, 9.17) is 5.11 Å². The van der Waals surface area contributed by atoms with Gasteiger partial charge in [0.2, 0.25) is 0 Å². The van der Waals surface area contributed by atoms with Crippen LogP contribution in [0.1, 0.15) is 33.1 Å². The summed E-state index contributed by atoms with van der Waals surface area (Å²) in [5.41, 5.74) is 0. The van der Waals surface area contributed by atoms with Gasteiger partial charge in [0.25, 0.3) is 0 Å². The summed E-state index contributed by atoms with van der Waals surface area (Å²) in [5, 5.41) is 14.4. The molecule has 1 fully saturated rings. The van der Waals surface area contributed by atoms with Gasteiger partial charge in [0, 0.05) is 11.8 Å². The standard InChI is InChI=1S/C12H22N2O3S/c1-8(2)6-10(11(15)16)14-12(17)13-9-4-3-5-18-7-9/h8-10H,3-7H2,1-2H3,(H,15,16)(H2,13,14,17)/t9?,10-/m1/s1. The molecule has 5 nitrogen and oxygen atoms in total. The maximum Gasteiger partial charge on any atom is 0.326 e. The molecule has 1 unspecified atom stereocenters. The highest BCUT2D eigenvalue weighted by molar-refractivity contribution is 7.99. The third-order valence-electron chi connectivity index (χ3n) is 2.81. The number of rotatable bonds is 5. The molecule has 0 aromatic rings. The number of carboxylic acids is 1. The predicted octanol–water partition coefficient (Wildman–Crippen LogP) is 1.68. The van der Waals surface area contributed by atoms with Crippen LogP contribution in [0.5, 0.6) is 0 Å². The van der Waals surface area contributed by atoms with Gasteiger partial charge in [-0.2, -0.15) is 11.8 Å². The van der Waals surface area contributed by atoms with Gasteiger partial charge in [-0.15, -0.1) is 0 Å². The smallest absolute Gasteiger partial charge is 0.326 e. The van der Waals surface area contributed by atoms with Crippen LogP contribution in [0.2, 0.25) is 0 Å². The van der Waals surface area contributed by atoms with E-state index in [-0.39, 0.29) is 18.0 Å². The number of carbonyl (C=O) groups excluding carboxylic acids is 1. The number of thioether (sulfide) groups is 1. The summed E-state index contributed by atoms with van der Waals surface area (Å²) in [6.07, 6.45) is 2.52. The molecule has 6 heteroatoms. The molecule has 1 heterocycles. The number of nitrogens with one attached hydrogen (secondary N) is 2. The SMILES string of the molecule is CC(C)C[C@@H](NC(=O)NC1CCCSC1)C(=O)O. The van der Waals surface area contributed by atoms with Gasteiger partial charge in [-0.25, -0.2) is 9.59 Å². The number of carboxylic acid groups (broad SMARTS) is 1. The zero-order valence-corrected chi connectivity index (χ0v) is 11.8. The number of hydrogen-bond donors (Lipinski definition) is 3. The molecule has 1 aliphatic rings. The number of hydrogen-bond acceptors (Lipinski definition) is 3. The van der Waals surface area contributed by atoms with Gasteiger partial charge in [0.05, 0.1) is 0 Å². The van der Waals surface area contributed by atoms with E-state index in [9.17, 15) is 9.59 Å². The molecular formula is C12H22N2O3S. The molecule has 0 aromatic heterocycles. The Labute approximate surface area is 112 Å². The van der Waals surface area contributed by atoms with Crippen molar-refractivity contribution in [3.05, 3.63) is 0 Å². The lowest BCUT2D eigenvalue weighted by Gasteiger charge is -2.24. The van der Waals surface area contributed by atoms with Gasteiger partial charge < -0.3 is 15.7 Å². The minimum Gasteiger partial charge on any atom is -0.480 e. The van der Waals surface area contributed by atoms with Crippen LogP contribution in [-0.2, 0) is 4.79 Å². The zero-order chi connectivity index (χ0) is 13.5. The molecule has 104 valence electrons. The average Bonchev–Trinajstić information content (AvgIpc) is 2.28. The van der Waals surface area contributed by atoms with Crippen molar-refractivity contribution in [1.29, 1.82) is 0 Å². The zero-order valence-electron chi connectivity index (χ0n) is 10.9. The first kappa shape index (κ1) is 15.1. The lowest BCUT2D eigenvalue weighted by molar-refractivity contribution is -0.139. The first-order valence-electron chi connectivity index (χ1n) is 6.36. The van der Waals surface area contributed by atoms with Crippen LogP contribution in [0.3, 0.4) is 0 Å². The van der Waals surface area contributed by atoms with Crippen molar-refractivity contribution in [3.63, 3.8) is 0 Å². The van der Waals surface area contributed by atoms with E-state index < -0.39 is 12.0 Å². The van der Waals surface area contributed by atoms with Crippen molar-refractivity contribution in [2.24, 2.45) is 5.92 Å². The van der Waals surface area contributed by atoms with E-state index in [1.165, 1.54) is 0 Å². The van der Waals surface area contributed by atoms with Gasteiger partial charge >= 0.3 is 12.0 Å². The van der Waals surface area contributed by atoms with Crippen molar-refractivity contribution in [2.75, 3.05) is 11.5 Å². The largest absolute Gasteiger partial charge is 0.480 e. The van der Waals surface area contributed by atoms with Crippen LogP contribution in [0, 0.1) is 5.92 Å². The second-order valence-corrected chi connectivity index (χ2v) is 6.20. The Hall–Kier alpha value is -0.910. The summed E-state index contributed by atoms with van der Waals surface area (Å²) in [7, 11) is 0. The third kappa shape index (κ3) is 5.62. The van der Waals surface area contributed by atoms with Crippen molar-refractivity contribution < 1.29 is 14.7 Å². The summed E-state index contributed by atoms with van der Waals surface area (Å²) >= 11 is 1.82. The molecule has 2 amide bonds. The summed E-state index contributed by atoms with van der Waals surface area (Å²) in [4.78, 5) is 22.7. The van der Waals surface area contributed by atoms with Crippen molar-refractivity contribution in [3.8, 4) is 0 Å². The number of amides is 2. The maximum absolute atomic E-state index is 11.7. The molecule has 18 heavy (non-hydrogen) atoms. The Morgan fingerprint density at radius 1 is 1.44 bits per heavy atom. The summed E-state index contributed by atoms with van der Waals surface area (Å²) in [6, 6.07) is -1.01. The predicted molar refractivity (Wildman–Crippen MR) is 72.9 cm³/mol. The maximum atomic E-state index is 11.7. The van der Waals surface area contributed by atoms with Crippen LogP contribution < -0.4 is 10.6 Å². The number of aliphatic carboxylic acids is 1. The lowest BCUT2D eigenvalue weighted by Crippen LogP contribution is -2.50. The van der Waals surface area contributed by atoms with E-state index in [2.05, 4.69) is 10.6 Å². The summed E-state index contributed by atoms with van der Waals surface area (Å²) < 4.78 is 0. The Morgan fingerprint density at radius 2 is 2.17 bits per heavy atom. The third-order valence-corrected chi connectivity index (χ3v) is 4.02. The monoisotopic (exact) mass is 274 g/mol. The van der Waals surface area contributed by atoms with E-state index in [0.717, 1.165) is 24.3 Å². The van der Waals surface area contributed by atoms with Crippen LogP contribution >= 0.6 is 11.8 Å². The highest BCUT2D eigenvalue weighted by Crippen LogP contribution is 2.16. The normalized spacial score (nSPS) is 21.4. The van der Waals surface area contributed by atoms with Crippen molar-refractivity contribution >= 4 is 23.8 Å². The Balaban J connectivity index is 2.37. The van der Waals surface area contributed by atoms with Gasteiger partial charge in [-0.05, 0) is 30.9 Å². The molecule has 3 N–H and O–H groups in total. The van der Waals surface area contributed by atoms with Gasteiger partial charge in [-0.1, -0.05) is 13.8 Å². The Bertz CT molecular complexity index is 291. The van der Waals surface area contributed by atoms with E-state index >= 15 is 0 Å². The average molecular weight is 274 g/mol. The van der Waals surface area contributed by atoms with Crippen LogP contribution in [0.4, 0.5) is 4.79 Å². The van der Waals surface area contributed by atoms with E-state index in [1.54, 1.807) is 0 Å². The van der Waals surface area contributed by atoms with Crippen molar-refractivity contribution in [1.82, 2.24) is 10.6 Å². The molecule has 0 spiro atoms. The fraction of sp³-hybridized carbons (Fsp3) is 0.833. The molecule has 1 aliphatic heterocycles. The van der Waals surface area contributed by atoms with Crippen LogP contribution in [0.15, 0.2) is 0 Å². The fourth-order valence-corrected chi connectivity index (χ4v) is 3.00. The molecule has 0 bridgehead atoms. The highest BCUT2D eigenvalue weighted by Gasteiger charge is 2.23. The lowest BCUT2D eigenvalue weighted by atomic mass is 10.0. The first-order valence-corrected chi connectivity index (χ1v) is 7.52. The Kier molecular flexibility index (Phi) is 6.32. The summed E-state index contributed by atoms with van der Waals surface area (Å²) in [5.74, 6) is 1.31. The number of urea groups is 1. The first-order chi connectivity index (χ1) is 8.49. The van der Waals surface area contributed by atoms with Crippen LogP contribution in [-0.4, -0.2) is 40.7 Å². The Morgan fingerprint density at radius 3 is 2.67 bits per heavy atom. The van der Waals surface area contributed by atoms with E-state index in [1.807, 2.05) is 25.6 Å². The number of carbonyl (C=O) groups is 2. The molecule has 0 aliphatic carbocycles. The quantitative estimate of drug-likeness (QED) is 0.713. The second-order valence-electron chi connectivity index (χ2n) is 5.05. The molecule has 0 radical (unpaired) electrons. The fourth-order valence-electron chi connectivity index (χ4n) is 1.93. The van der Waals surface area contributed by atoms with Crippen molar-refractivity contribution in [2.45, 2.75) is 45.2 Å². The molecule has 1 saturated heterocycles. The molecular weight excluding hydrogens is 252 g/mol. The minimum absolute atomic E-state index is 0.164. The van der Waals surface area contributed by atoms with Gasteiger partial charge in [-0.3, -0.25) is 0 Å². The topological polar surface area (TPSA) is 78.4 Å². The highest BCUT2D eigenvalue weighted by atomic mass is 32.2. The minimum atomic E-state index is -0.975. The molecule has 0 aromatic carbocycles. The van der Waals surface area contributed by atoms with Gasteiger partial charge in [0.15, 0.2) is 0 Å². The van der Waals surface area contributed by atoms with Gasteiger partial charge in [0.1, 0.15) is 6.04 Å². The molecule has 2 atom stereocenters. The van der Waals surface area contributed by atoms with Crippen LogP contribution in [0.25, 0.3) is 0 Å². The van der Waals surface area contributed by atoms with E-state index in [0.29, 0.717) is 6.42 Å².